The normalized spacial score (nSPS) is 11.5. The van der Waals surface area contributed by atoms with Gasteiger partial charge in [-0.15, -0.1) is 11.3 Å². The molecule has 9 heteroatoms. The first-order chi connectivity index (χ1) is 15.1. The Kier molecular flexibility index (Phi) is 6.31. The summed E-state index contributed by atoms with van der Waals surface area (Å²) in [4.78, 5) is 13.5. The van der Waals surface area contributed by atoms with Crippen LogP contribution in [0.3, 0.4) is 0 Å². The first-order valence-electron chi connectivity index (χ1n) is 9.51. The summed E-state index contributed by atoms with van der Waals surface area (Å²) < 4.78 is 28.9. The van der Waals surface area contributed by atoms with E-state index < -0.39 is 10.0 Å². The van der Waals surface area contributed by atoms with E-state index in [9.17, 15) is 13.2 Å². The van der Waals surface area contributed by atoms with Gasteiger partial charge >= 0.3 is 0 Å². The molecule has 0 atom stereocenters. The zero-order valence-electron chi connectivity index (χ0n) is 17.1. The summed E-state index contributed by atoms with van der Waals surface area (Å²) >= 11 is 10.7. The SMILES string of the molecule is Cc1ccc(Cl)cc1NC(=O)c1cc2cc(N(C)S(=O)(=O)c3ccc(Br)cc3)ccc2s1. The molecule has 4 aromatic rings. The summed E-state index contributed by atoms with van der Waals surface area (Å²) in [7, 11) is -2.20. The van der Waals surface area contributed by atoms with E-state index in [0.717, 1.165) is 20.1 Å². The van der Waals surface area contributed by atoms with Crippen molar-refractivity contribution in [3.05, 3.63) is 86.7 Å². The highest BCUT2D eigenvalue weighted by molar-refractivity contribution is 9.10. The maximum absolute atomic E-state index is 13.0. The minimum absolute atomic E-state index is 0.200. The molecule has 4 rings (SSSR count). The molecule has 3 aromatic carbocycles. The van der Waals surface area contributed by atoms with Crippen LogP contribution >= 0.6 is 38.9 Å². The molecule has 1 N–H and O–H groups in total. The number of sulfonamides is 1. The molecule has 0 spiro atoms. The molecule has 1 heterocycles. The lowest BCUT2D eigenvalue weighted by molar-refractivity contribution is 0.103. The second-order valence-corrected chi connectivity index (χ2v) is 11.6. The van der Waals surface area contributed by atoms with Crippen molar-refractivity contribution >= 4 is 76.3 Å². The Morgan fingerprint density at radius 2 is 1.75 bits per heavy atom. The number of hydrogen-bond donors (Lipinski definition) is 1. The largest absolute Gasteiger partial charge is 0.321 e. The van der Waals surface area contributed by atoms with Gasteiger partial charge < -0.3 is 5.32 Å². The van der Waals surface area contributed by atoms with Crippen LogP contribution in [0, 0.1) is 6.92 Å². The Morgan fingerprint density at radius 1 is 1.03 bits per heavy atom. The number of fused-ring (bicyclic) bond motifs is 1. The fourth-order valence-corrected chi connectivity index (χ4v) is 5.72. The highest BCUT2D eigenvalue weighted by Crippen LogP contribution is 2.32. The Morgan fingerprint density at radius 3 is 2.47 bits per heavy atom. The van der Waals surface area contributed by atoms with Crippen LogP contribution < -0.4 is 9.62 Å². The zero-order chi connectivity index (χ0) is 23.0. The lowest BCUT2D eigenvalue weighted by Gasteiger charge is -2.19. The van der Waals surface area contributed by atoms with Gasteiger partial charge in [0.2, 0.25) is 0 Å². The van der Waals surface area contributed by atoms with Crippen LogP contribution in [0.2, 0.25) is 5.02 Å². The molecule has 0 bridgehead atoms. The van der Waals surface area contributed by atoms with Crippen molar-refractivity contribution in [2.24, 2.45) is 0 Å². The van der Waals surface area contributed by atoms with Gasteiger partial charge in [-0.05, 0) is 78.5 Å². The first-order valence-corrected chi connectivity index (χ1v) is 12.9. The number of amides is 1. The van der Waals surface area contributed by atoms with E-state index >= 15 is 0 Å². The van der Waals surface area contributed by atoms with Crippen molar-refractivity contribution in [3.63, 3.8) is 0 Å². The van der Waals surface area contributed by atoms with Gasteiger partial charge in [-0.1, -0.05) is 33.6 Å². The van der Waals surface area contributed by atoms with Crippen LogP contribution in [-0.2, 0) is 10.0 Å². The second-order valence-electron chi connectivity index (χ2n) is 7.17. The maximum atomic E-state index is 13.0. The molecule has 1 amide bonds. The predicted octanol–water partition coefficient (Wildman–Crippen LogP) is 6.70. The van der Waals surface area contributed by atoms with Gasteiger partial charge in [0, 0.05) is 26.9 Å². The molecule has 0 aliphatic heterocycles. The van der Waals surface area contributed by atoms with Gasteiger partial charge in [-0.25, -0.2) is 8.42 Å². The molecule has 0 saturated heterocycles. The monoisotopic (exact) mass is 548 g/mol. The fourth-order valence-electron chi connectivity index (χ4n) is 3.15. The predicted molar refractivity (Wildman–Crippen MR) is 136 cm³/mol. The maximum Gasteiger partial charge on any atom is 0.265 e. The summed E-state index contributed by atoms with van der Waals surface area (Å²) in [5.41, 5.74) is 2.07. The van der Waals surface area contributed by atoms with Gasteiger partial charge in [0.05, 0.1) is 15.5 Å². The summed E-state index contributed by atoms with van der Waals surface area (Å²) in [5.74, 6) is -0.242. The van der Waals surface area contributed by atoms with Crippen LogP contribution in [0.25, 0.3) is 10.1 Å². The average molecular weight is 550 g/mol. The molecule has 0 unspecified atom stereocenters. The van der Waals surface area contributed by atoms with Crippen LogP contribution in [0.1, 0.15) is 15.2 Å². The molecule has 164 valence electrons. The van der Waals surface area contributed by atoms with Crippen molar-refractivity contribution in [3.8, 4) is 0 Å². The highest BCUT2D eigenvalue weighted by Gasteiger charge is 2.22. The number of thiophene rings is 1. The average Bonchev–Trinajstić information content (AvgIpc) is 3.19. The number of carbonyl (C=O) groups excluding carboxylic acids is 1. The molecule has 0 aliphatic rings. The van der Waals surface area contributed by atoms with Gasteiger partial charge in [0.15, 0.2) is 0 Å². The van der Waals surface area contributed by atoms with Gasteiger partial charge in [0.1, 0.15) is 0 Å². The molecule has 5 nitrogen and oxygen atoms in total. The standard InChI is InChI=1S/C23H18BrClN2O3S2/c1-14-3-6-17(25)13-20(14)26-23(28)22-12-15-11-18(7-10-21(15)31-22)27(2)32(29,30)19-8-4-16(24)5-9-19/h3-13H,1-2H3,(H,26,28). The molecule has 0 aliphatic carbocycles. The van der Waals surface area contributed by atoms with Gasteiger partial charge in [-0.2, -0.15) is 0 Å². The summed E-state index contributed by atoms with van der Waals surface area (Å²) in [6, 6.07) is 18.9. The summed E-state index contributed by atoms with van der Waals surface area (Å²) in [6.07, 6.45) is 0. The molecular formula is C23H18BrClN2O3S2. The molecule has 32 heavy (non-hydrogen) atoms. The smallest absolute Gasteiger partial charge is 0.265 e. The summed E-state index contributed by atoms with van der Waals surface area (Å²) in [5, 5.41) is 4.23. The Labute approximate surface area is 203 Å². The van der Waals surface area contributed by atoms with Crippen LogP contribution in [0.5, 0.6) is 0 Å². The lowest BCUT2D eigenvalue weighted by Crippen LogP contribution is -2.26. The number of benzene rings is 3. The Hall–Kier alpha value is -2.39. The van der Waals surface area contributed by atoms with Crippen molar-refractivity contribution in [2.45, 2.75) is 11.8 Å². The number of halogens is 2. The minimum Gasteiger partial charge on any atom is -0.321 e. The number of anilines is 2. The molecular weight excluding hydrogens is 532 g/mol. The van der Waals surface area contributed by atoms with Crippen molar-refractivity contribution in [1.82, 2.24) is 0 Å². The third-order valence-corrected chi connectivity index (χ3v) is 8.69. The van der Waals surface area contributed by atoms with E-state index in [1.165, 1.54) is 22.7 Å². The Bertz CT molecular complexity index is 1430. The topological polar surface area (TPSA) is 66.5 Å². The van der Waals surface area contributed by atoms with E-state index in [2.05, 4.69) is 21.2 Å². The molecule has 0 radical (unpaired) electrons. The quantitative estimate of drug-likeness (QED) is 0.301. The lowest BCUT2D eigenvalue weighted by atomic mass is 10.2. The number of rotatable bonds is 5. The van der Waals surface area contributed by atoms with Crippen LogP contribution in [0.4, 0.5) is 11.4 Å². The van der Waals surface area contributed by atoms with Crippen molar-refractivity contribution in [1.29, 1.82) is 0 Å². The first kappa shape index (κ1) is 22.8. The third kappa shape index (κ3) is 4.54. The van der Waals surface area contributed by atoms with E-state index in [-0.39, 0.29) is 10.8 Å². The molecule has 0 fully saturated rings. The Balaban J connectivity index is 1.62. The zero-order valence-corrected chi connectivity index (χ0v) is 21.1. The number of carbonyl (C=O) groups is 1. The van der Waals surface area contributed by atoms with Crippen LogP contribution in [-0.4, -0.2) is 21.4 Å². The van der Waals surface area contributed by atoms with Gasteiger partial charge in [0.25, 0.3) is 15.9 Å². The van der Waals surface area contributed by atoms with E-state index in [1.807, 2.05) is 19.1 Å². The highest BCUT2D eigenvalue weighted by atomic mass is 79.9. The number of nitrogens with one attached hydrogen (secondary N) is 1. The van der Waals surface area contributed by atoms with E-state index in [4.69, 9.17) is 11.6 Å². The van der Waals surface area contributed by atoms with E-state index in [0.29, 0.717) is 21.3 Å². The minimum atomic E-state index is -3.71. The number of nitrogens with zero attached hydrogens (tertiary/aromatic N) is 1. The summed E-state index contributed by atoms with van der Waals surface area (Å²) in [6.45, 7) is 1.89. The molecule has 1 aromatic heterocycles. The van der Waals surface area contributed by atoms with Crippen LogP contribution in [0.15, 0.2) is 76.1 Å². The van der Waals surface area contributed by atoms with Crippen molar-refractivity contribution < 1.29 is 13.2 Å². The van der Waals surface area contributed by atoms with Gasteiger partial charge in [-0.3, -0.25) is 9.10 Å². The fraction of sp³-hybridized carbons (Fsp3) is 0.0870. The number of hydrogen-bond acceptors (Lipinski definition) is 4. The van der Waals surface area contributed by atoms with Crippen molar-refractivity contribution in [2.75, 3.05) is 16.7 Å². The third-order valence-electron chi connectivity index (χ3n) is 5.01. The molecule has 0 saturated carbocycles. The number of aryl methyl sites for hydroxylation is 1. The second kappa shape index (κ2) is 8.86. The van der Waals surface area contributed by atoms with E-state index in [1.54, 1.807) is 54.6 Å².